The first-order valence-corrected chi connectivity index (χ1v) is 17.7. The van der Waals surface area contributed by atoms with Crippen LogP contribution in [-0.4, -0.2) is 31.3 Å². The predicted molar refractivity (Wildman–Crippen MR) is 150 cm³/mol. The second kappa shape index (κ2) is 25.0. The zero-order valence-electron chi connectivity index (χ0n) is 22.8. The van der Waals surface area contributed by atoms with Crippen LogP contribution in [0.3, 0.4) is 0 Å². The average molecular weight is 574 g/mol. The van der Waals surface area contributed by atoms with Crippen molar-refractivity contribution in [1.29, 1.82) is 0 Å². The highest BCUT2D eigenvalue weighted by Crippen LogP contribution is 2.57. The van der Waals surface area contributed by atoms with E-state index in [4.69, 9.17) is 36.5 Å². The van der Waals surface area contributed by atoms with Gasteiger partial charge in [0.1, 0.15) is 6.61 Å². The highest BCUT2D eigenvalue weighted by molar-refractivity contribution is 8.05. The molecule has 214 valence electrons. The topological polar surface area (TPSA) is 78.9 Å². The van der Waals surface area contributed by atoms with Gasteiger partial charge in [-0.1, -0.05) is 117 Å². The number of unbranched alkanes of at least 4 members (excludes halogenated alkanes) is 16. The molecule has 0 saturated carbocycles. The van der Waals surface area contributed by atoms with Gasteiger partial charge in [-0.25, -0.2) is 0 Å². The van der Waals surface area contributed by atoms with E-state index in [1.165, 1.54) is 77.0 Å². The Kier molecular flexibility index (Phi) is 24.8. The second-order valence-electron chi connectivity index (χ2n) is 9.66. The van der Waals surface area contributed by atoms with Crippen LogP contribution >= 0.6 is 28.6 Å². The van der Waals surface area contributed by atoms with Crippen molar-refractivity contribution in [3.63, 3.8) is 0 Å². The molecule has 0 aliphatic heterocycles. The molecule has 6 nitrogen and oxygen atoms in total. The lowest BCUT2D eigenvalue weighted by Crippen LogP contribution is -2.29. The van der Waals surface area contributed by atoms with Gasteiger partial charge in [-0.15, -0.1) is 0 Å². The van der Waals surface area contributed by atoms with E-state index in [2.05, 4.69) is 13.8 Å². The molecule has 0 aliphatic rings. The van der Waals surface area contributed by atoms with E-state index in [-0.39, 0.29) is 25.6 Å². The Labute approximate surface area is 229 Å². The molecule has 0 heterocycles. The molecule has 0 amide bonds. The Morgan fingerprint density at radius 3 is 1.42 bits per heavy atom. The first-order chi connectivity index (χ1) is 17.3. The molecule has 0 aromatic rings. The van der Waals surface area contributed by atoms with Crippen LogP contribution in [0.25, 0.3) is 0 Å². The number of esters is 2. The zero-order valence-corrected chi connectivity index (χ0v) is 25.2. The fourth-order valence-corrected chi connectivity index (χ4v) is 4.63. The fraction of sp³-hybridized carbons (Fsp3) is 0.926. The lowest BCUT2D eigenvalue weighted by atomic mass is 10.1. The van der Waals surface area contributed by atoms with Crippen LogP contribution in [0.4, 0.5) is 0 Å². The van der Waals surface area contributed by atoms with Crippen LogP contribution in [-0.2, 0) is 28.2 Å². The molecule has 0 aromatic heterocycles. The first kappa shape index (κ1) is 35.7. The van der Waals surface area contributed by atoms with Gasteiger partial charge in [-0.05, 0) is 35.3 Å². The van der Waals surface area contributed by atoms with Crippen LogP contribution in [0.2, 0.25) is 0 Å². The summed E-state index contributed by atoms with van der Waals surface area (Å²) in [5.41, 5.74) is 0. The maximum Gasteiger partial charge on any atom is 0.380 e. The van der Waals surface area contributed by atoms with Gasteiger partial charge in [-0.2, -0.15) is 0 Å². The Balaban J connectivity index is 4.08. The number of hydrogen-bond acceptors (Lipinski definition) is 6. The van der Waals surface area contributed by atoms with Crippen molar-refractivity contribution in [3.05, 3.63) is 0 Å². The SMILES string of the molecule is CCCCCCCCCCCC(=O)OC[C@H](COP(=O)(Cl)Cl)OC(=O)CCCCCCCCCCC. The minimum absolute atomic E-state index is 0.173. The summed E-state index contributed by atoms with van der Waals surface area (Å²) in [6, 6.07) is 0. The summed E-state index contributed by atoms with van der Waals surface area (Å²) in [5.74, 6) is -0.752. The molecule has 1 atom stereocenters. The number of halogens is 2. The van der Waals surface area contributed by atoms with Gasteiger partial charge in [0, 0.05) is 12.8 Å². The van der Waals surface area contributed by atoms with Gasteiger partial charge in [0.25, 0.3) is 0 Å². The lowest BCUT2D eigenvalue weighted by Gasteiger charge is -2.18. The smallest absolute Gasteiger partial charge is 0.380 e. The highest BCUT2D eigenvalue weighted by atomic mass is 35.9. The molecule has 36 heavy (non-hydrogen) atoms. The largest absolute Gasteiger partial charge is 0.462 e. The molecule has 0 unspecified atom stereocenters. The molecule has 0 bridgehead atoms. The predicted octanol–water partition coefficient (Wildman–Crippen LogP) is 9.89. The first-order valence-electron chi connectivity index (χ1n) is 14.3. The van der Waals surface area contributed by atoms with Crippen LogP contribution in [0.5, 0.6) is 0 Å². The highest BCUT2D eigenvalue weighted by Gasteiger charge is 2.22. The Hall–Kier alpha value is -0.290. The van der Waals surface area contributed by atoms with Crippen LogP contribution in [0.1, 0.15) is 142 Å². The van der Waals surface area contributed by atoms with E-state index in [1.807, 2.05) is 0 Å². The zero-order chi connectivity index (χ0) is 26.9. The third kappa shape index (κ3) is 26.8. The average Bonchev–Trinajstić information content (AvgIpc) is 2.83. The molecular weight excluding hydrogens is 522 g/mol. The third-order valence-corrected chi connectivity index (χ3v) is 7.14. The van der Waals surface area contributed by atoms with Crippen molar-refractivity contribution in [2.24, 2.45) is 0 Å². The summed E-state index contributed by atoms with van der Waals surface area (Å²) >= 11 is 10.9. The molecule has 9 heteroatoms. The summed E-state index contributed by atoms with van der Waals surface area (Å²) in [7, 11) is 0. The number of carbonyl (C=O) groups is 2. The van der Waals surface area contributed by atoms with Gasteiger partial charge in [-0.3, -0.25) is 14.2 Å². The van der Waals surface area contributed by atoms with Crippen molar-refractivity contribution in [3.8, 4) is 0 Å². The molecular formula is C27H51Cl2O6P. The van der Waals surface area contributed by atoms with E-state index < -0.39 is 18.1 Å². The number of hydrogen-bond donors (Lipinski definition) is 0. The van der Waals surface area contributed by atoms with Crippen LogP contribution < -0.4 is 0 Å². The quantitative estimate of drug-likeness (QED) is 0.0582. The molecule has 0 fully saturated rings. The molecule has 0 radical (unpaired) electrons. The number of ether oxygens (including phenoxy) is 2. The van der Waals surface area contributed by atoms with Gasteiger partial charge >= 0.3 is 18.0 Å². The summed E-state index contributed by atoms with van der Waals surface area (Å²) in [4.78, 5) is 24.3. The molecule has 0 saturated heterocycles. The Morgan fingerprint density at radius 2 is 1.00 bits per heavy atom. The van der Waals surface area contributed by atoms with Crippen molar-refractivity contribution in [2.45, 2.75) is 148 Å². The van der Waals surface area contributed by atoms with E-state index in [0.29, 0.717) is 6.42 Å². The van der Waals surface area contributed by atoms with Crippen LogP contribution in [0.15, 0.2) is 0 Å². The standard InChI is InChI=1S/C27H51Cl2O6P/c1-3-5-7-9-11-13-15-17-19-21-26(30)33-23-25(24-34-36(28,29)32)35-27(31)22-20-18-16-14-12-10-8-6-4-2/h25H,3-24H2,1-2H3/t25-/m1/s1. The van der Waals surface area contributed by atoms with Crippen molar-refractivity contribution >= 4 is 40.5 Å². The van der Waals surface area contributed by atoms with Gasteiger partial charge < -0.3 is 14.0 Å². The molecule has 0 aromatic carbocycles. The third-order valence-electron chi connectivity index (χ3n) is 6.11. The minimum atomic E-state index is -3.78. The van der Waals surface area contributed by atoms with Crippen molar-refractivity contribution < 1.29 is 28.2 Å². The molecule has 0 rings (SSSR count). The summed E-state index contributed by atoms with van der Waals surface area (Å²) in [6.07, 6.45) is 16.8. The maximum absolute atomic E-state index is 12.2. The lowest BCUT2D eigenvalue weighted by molar-refractivity contribution is -0.161. The van der Waals surface area contributed by atoms with E-state index in [1.54, 1.807) is 0 Å². The maximum atomic E-state index is 12.2. The Morgan fingerprint density at radius 1 is 0.611 bits per heavy atom. The van der Waals surface area contributed by atoms with Gasteiger partial charge in [0.05, 0.1) is 6.61 Å². The number of carbonyl (C=O) groups excluding carboxylic acids is 2. The molecule has 0 spiro atoms. The second-order valence-corrected chi connectivity index (χ2v) is 13.9. The summed E-state index contributed by atoms with van der Waals surface area (Å²) in [6.45, 7) is 3.96. The summed E-state index contributed by atoms with van der Waals surface area (Å²) in [5, 5.41) is 0. The van der Waals surface area contributed by atoms with Gasteiger partial charge in [0.15, 0.2) is 6.10 Å². The minimum Gasteiger partial charge on any atom is -0.462 e. The Bertz CT molecular complexity index is 585. The van der Waals surface area contributed by atoms with E-state index in [9.17, 15) is 14.2 Å². The molecule has 0 N–H and O–H groups in total. The van der Waals surface area contributed by atoms with E-state index in [0.717, 1.165) is 38.5 Å². The fourth-order valence-electron chi connectivity index (χ4n) is 3.95. The number of rotatable bonds is 26. The van der Waals surface area contributed by atoms with E-state index >= 15 is 0 Å². The summed E-state index contributed by atoms with van der Waals surface area (Å²) < 4.78 is 27.0. The van der Waals surface area contributed by atoms with Gasteiger partial charge in [0.2, 0.25) is 0 Å². The van der Waals surface area contributed by atoms with Crippen LogP contribution in [0, 0.1) is 0 Å². The monoisotopic (exact) mass is 572 g/mol. The molecule has 0 aliphatic carbocycles. The van der Waals surface area contributed by atoms with Crippen molar-refractivity contribution in [1.82, 2.24) is 0 Å². The normalized spacial score (nSPS) is 12.4. The van der Waals surface area contributed by atoms with Crippen molar-refractivity contribution in [2.75, 3.05) is 13.2 Å².